The molecule has 0 aromatic heterocycles. The molecule has 0 aliphatic heterocycles. The highest BCUT2D eigenvalue weighted by Gasteiger charge is 2.28. The van der Waals surface area contributed by atoms with E-state index in [9.17, 15) is 40.0 Å². The number of rotatable bonds is 8. The van der Waals surface area contributed by atoms with Gasteiger partial charge in [-0.2, -0.15) is 0 Å². The van der Waals surface area contributed by atoms with Crippen molar-refractivity contribution in [1.82, 2.24) is 5.32 Å². The lowest BCUT2D eigenvalue weighted by atomic mass is 10.1. The summed E-state index contributed by atoms with van der Waals surface area (Å²) in [7, 11) is 0. The number of nitrogens with one attached hydrogen (secondary N) is 1. The average Bonchev–Trinajstić information content (AvgIpc) is 2.64. The molecule has 0 bridgehead atoms. The molecule has 0 spiro atoms. The first-order valence-corrected chi connectivity index (χ1v) is 10.4. The van der Waals surface area contributed by atoms with Crippen molar-refractivity contribution in [3.63, 3.8) is 0 Å². The zero-order chi connectivity index (χ0) is 23.5. The topological polar surface area (TPSA) is 182 Å². The van der Waals surface area contributed by atoms with Crippen LogP contribution in [-0.4, -0.2) is 38.0 Å². The molecule has 3 N–H and O–H groups in total. The lowest BCUT2D eigenvalue weighted by molar-refractivity contribution is -0.396. The van der Waals surface area contributed by atoms with Gasteiger partial charge in [-0.15, -0.1) is 0 Å². The monoisotopic (exact) mass is 657 g/mol. The van der Waals surface area contributed by atoms with Crippen LogP contribution in [0.4, 0.5) is 11.4 Å². The molecule has 0 fully saturated rings. The summed E-state index contributed by atoms with van der Waals surface area (Å²) in [5, 5.41) is 43.5. The standard InChI is InChI=1S/C17H13I2N3O9/c1-7(23)20-12(17(25)26)4-8-2-10(18)16(11(19)3-8)31-9-5-13(21(27)28)15(24)14(6-9)22(29)30/h2-3,5-6,12,24H,4H2,1H3,(H,20,23)(H,25,26)/t12-/m0/s1. The van der Waals surface area contributed by atoms with Crippen LogP contribution in [0.15, 0.2) is 24.3 Å². The van der Waals surface area contributed by atoms with Crippen molar-refractivity contribution < 1.29 is 34.4 Å². The van der Waals surface area contributed by atoms with E-state index in [1.165, 1.54) is 6.92 Å². The Morgan fingerprint density at radius 1 is 1.10 bits per heavy atom. The number of phenols is 1. The largest absolute Gasteiger partial charge is 0.497 e. The van der Waals surface area contributed by atoms with Crippen LogP contribution < -0.4 is 10.1 Å². The second kappa shape index (κ2) is 10.0. The number of amides is 1. The fourth-order valence-corrected chi connectivity index (χ4v) is 4.66. The Balaban J connectivity index is 2.41. The molecule has 0 saturated carbocycles. The van der Waals surface area contributed by atoms with Gasteiger partial charge in [-0.05, 0) is 62.9 Å². The Morgan fingerprint density at radius 3 is 1.97 bits per heavy atom. The van der Waals surface area contributed by atoms with Crippen LogP contribution in [0, 0.1) is 27.4 Å². The molecule has 164 valence electrons. The molecule has 2 rings (SSSR count). The van der Waals surface area contributed by atoms with E-state index < -0.39 is 44.9 Å². The molecule has 12 nitrogen and oxygen atoms in total. The number of carbonyl (C=O) groups excluding carboxylic acids is 1. The number of phenolic OH excluding ortho intramolecular Hbond substituents is 1. The SMILES string of the molecule is CC(=O)N[C@@H](Cc1cc(I)c(Oc2cc([N+](=O)[O-])c(O)c([N+](=O)[O-])c2)c(I)c1)C(=O)O. The molecule has 2 aromatic carbocycles. The van der Waals surface area contributed by atoms with Crippen LogP contribution in [0.25, 0.3) is 0 Å². The second-order valence-corrected chi connectivity index (χ2v) is 8.43. The number of ether oxygens (including phenoxy) is 1. The zero-order valence-corrected chi connectivity index (χ0v) is 19.8. The summed E-state index contributed by atoms with van der Waals surface area (Å²) in [5.41, 5.74) is -1.19. The number of aliphatic carboxylic acids is 1. The average molecular weight is 657 g/mol. The Kier molecular flexibility index (Phi) is 7.93. The Bertz CT molecular complexity index is 1030. The molecule has 1 atom stereocenters. The van der Waals surface area contributed by atoms with Gasteiger partial charge in [0.2, 0.25) is 5.91 Å². The number of nitro benzene ring substituents is 2. The highest BCUT2D eigenvalue weighted by atomic mass is 127. The molecule has 1 amide bonds. The molecule has 2 aromatic rings. The van der Waals surface area contributed by atoms with Crippen molar-refractivity contribution in [1.29, 1.82) is 0 Å². The van der Waals surface area contributed by atoms with Crippen molar-refractivity contribution in [2.24, 2.45) is 0 Å². The predicted octanol–water partition coefficient (Wildman–Crippen LogP) is 3.34. The molecule has 0 aliphatic rings. The second-order valence-electron chi connectivity index (χ2n) is 6.11. The van der Waals surface area contributed by atoms with Gasteiger partial charge in [0.15, 0.2) is 5.75 Å². The van der Waals surface area contributed by atoms with Gasteiger partial charge in [-0.3, -0.25) is 25.0 Å². The maximum Gasteiger partial charge on any atom is 0.326 e. The van der Waals surface area contributed by atoms with E-state index in [-0.39, 0.29) is 17.9 Å². The quantitative estimate of drug-likeness (QED) is 0.218. The molecule has 14 heteroatoms. The molecule has 0 aliphatic carbocycles. The lowest BCUT2D eigenvalue weighted by Gasteiger charge is -2.16. The fourth-order valence-electron chi connectivity index (χ4n) is 2.54. The van der Waals surface area contributed by atoms with E-state index in [1.54, 1.807) is 12.1 Å². The van der Waals surface area contributed by atoms with E-state index in [1.807, 2.05) is 45.2 Å². The minimum absolute atomic E-state index is 0.00263. The van der Waals surface area contributed by atoms with Crippen LogP contribution in [-0.2, 0) is 16.0 Å². The van der Waals surface area contributed by atoms with Crippen molar-refractivity contribution >= 4 is 68.4 Å². The van der Waals surface area contributed by atoms with E-state index in [4.69, 9.17) is 4.74 Å². The third-order valence-corrected chi connectivity index (χ3v) is 5.43. The molecule has 31 heavy (non-hydrogen) atoms. The number of carboxylic acids is 1. The number of hydrogen-bond donors (Lipinski definition) is 3. The van der Waals surface area contributed by atoms with Crippen LogP contribution in [0.5, 0.6) is 17.2 Å². The van der Waals surface area contributed by atoms with Crippen molar-refractivity contribution in [2.75, 3.05) is 0 Å². The van der Waals surface area contributed by atoms with Gasteiger partial charge in [0.1, 0.15) is 11.8 Å². The molecule has 0 saturated heterocycles. The normalized spacial score (nSPS) is 11.5. The van der Waals surface area contributed by atoms with E-state index >= 15 is 0 Å². The third kappa shape index (κ3) is 6.12. The number of carbonyl (C=O) groups is 2. The minimum atomic E-state index is -1.20. The number of halogens is 2. The summed E-state index contributed by atoms with van der Waals surface area (Å²) in [6.45, 7) is 1.20. The van der Waals surface area contributed by atoms with Crippen molar-refractivity contribution in [3.8, 4) is 17.2 Å². The van der Waals surface area contributed by atoms with Crippen molar-refractivity contribution in [3.05, 3.63) is 57.2 Å². The molecular weight excluding hydrogens is 644 g/mol. The first-order chi connectivity index (χ1) is 14.4. The summed E-state index contributed by atoms with van der Waals surface area (Å²) >= 11 is 3.79. The Hall–Kier alpha value is -2.76. The summed E-state index contributed by atoms with van der Waals surface area (Å²) in [6, 6.07) is 3.77. The summed E-state index contributed by atoms with van der Waals surface area (Å²) in [5.74, 6) is -2.79. The van der Waals surface area contributed by atoms with Crippen LogP contribution in [0.2, 0.25) is 0 Å². The molecule has 0 heterocycles. The highest BCUT2D eigenvalue weighted by Crippen LogP contribution is 2.42. The molecule has 0 radical (unpaired) electrons. The number of nitrogens with zero attached hydrogens (tertiary/aromatic N) is 2. The number of nitro groups is 2. The zero-order valence-electron chi connectivity index (χ0n) is 15.5. The van der Waals surface area contributed by atoms with E-state index in [0.29, 0.717) is 12.7 Å². The van der Waals surface area contributed by atoms with Gasteiger partial charge >= 0.3 is 17.3 Å². The smallest absolute Gasteiger partial charge is 0.326 e. The Labute approximate surface area is 201 Å². The maximum absolute atomic E-state index is 11.3. The van der Waals surface area contributed by atoms with Crippen molar-refractivity contribution in [2.45, 2.75) is 19.4 Å². The maximum atomic E-state index is 11.3. The van der Waals surface area contributed by atoms with Gasteiger partial charge in [0.05, 0.1) is 29.1 Å². The third-order valence-electron chi connectivity index (χ3n) is 3.83. The summed E-state index contributed by atoms with van der Waals surface area (Å²) < 4.78 is 6.61. The first-order valence-electron chi connectivity index (χ1n) is 8.22. The van der Waals surface area contributed by atoms with Crippen LogP contribution in [0.1, 0.15) is 12.5 Å². The van der Waals surface area contributed by atoms with Gasteiger partial charge in [0.25, 0.3) is 5.75 Å². The minimum Gasteiger partial charge on any atom is -0.497 e. The summed E-state index contributed by atoms with van der Waals surface area (Å²) in [4.78, 5) is 42.8. The first kappa shape index (κ1) is 24.5. The van der Waals surface area contributed by atoms with Gasteiger partial charge in [0, 0.05) is 13.3 Å². The van der Waals surface area contributed by atoms with Gasteiger partial charge in [-0.1, -0.05) is 0 Å². The molecule has 0 unspecified atom stereocenters. The number of benzene rings is 2. The van der Waals surface area contributed by atoms with Crippen LogP contribution >= 0.6 is 45.2 Å². The van der Waals surface area contributed by atoms with E-state index in [2.05, 4.69) is 5.32 Å². The number of aromatic hydroxyl groups is 1. The summed E-state index contributed by atoms with van der Waals surface area (Å²) in [6.07, 6.45) is -0.00263. The van der Waals surface area contributed by atoms with Gasteiger partial charge in [-0.25, -0.2) is 4.79 Å². The predicted molar refractivity (Wildman–Crippen MR) is 122 cm³/mol. The number of hydrogen-bond acceptors (Lipinski definition) is 8. The van der Waals surface area contributed by atoms with E-state index in [0.717, 1.165) is 12.1 Å². The van der Waals surface area contributed by atoms with Gasteiger partial charge < -0.3 is 20.3 Å². The number of carboxylic acid groups (broad SMARTS) is 1. The molecular formula is C17H13I2N3O9. The fraction of sp³-hybridized carbons (Fsp3) is 0.176. The van der Waals surface area contributed by atoms with Crippen LogP contribution in [0.3, 0.4) is 0 Å². The Morgan fingerprint density at radius 2 is 1.58 bits per heavy atom. The lowest BCUT2D eigenvalue weighted by Crippen LogP contribution is -2.41. The highest BCUT2D eigenvalue weighted by molar-refractivity contribution is 14.1.